The number of ether oxygens (including phenoxy) is 2. The molecule has 0 unspecified atom stereocenters. The van der Waals surface area contributed by atoms with Crippen LogP contribution < -0.4 is 9.47 Å². The van der Waals surface area contributed by atoms with E-state index in [1.807, 2.05) is 0 Å². The van der Waals surface area contributed by atoms with Gasteiger partial charge in [0, 0.05) is 33.1 Å². The summed E-state index contributed by atoms with van der Waals surface area (Å²) >= 11 is 0. The zero-order chi connectivity index (χ0) is 19.4. The number of rotatable bonds is 3. The smallest absolute Gasteiger partial charge is 0.339 e. The molecule has 2 rings (SSSR count). The van der Waals surface area contributed by atoms with Crippen LogP contribution in [-0.4, -0.2) is 46.6 Å². The van der Waals surface area contributed by atoms with Gasteiger partial charge in [-0.25, -0.2) is 4.79 Å². The van der Waals surface area contributed by atoms with E-state index in [0.29, 0.717) is 5.75 Å². The van der Waals surface area contributed by atoms with Crippen LogP contribution >= 0.6 is 0 Å². The Morgan fingerprint density at radius 3 is 1.65 bits per heavy atom. The van der Waals surface area contributed by atoms with Crippen LogP contribution in [0.25, 0.3) is 0 Å². The number of aromatic carboxylic acids is 1. The summed E-state index contributed by atoms with van der Waals surface area (Å²) in [5.74, 6) is -0.844. The molecule has 0 aliphatic carbocycles. The normalized spacial score (nSPS) is 8.42. The Hall–Kier alpha value is -2.54. The molecule has 8 nitrogen and oxygen atoms in total. The number of carboxylic acids is 2. The molecule has 9 heteroatoms. The molecule has 0 atom stereocenters. The minimum Gasteiger partial charge on any atom is -0.508 e. The molecule has 0 saturated carbocycles. The number of aromatic hydroxyl groups is 2. The molecule has 0 aromatic heterocycles. The summed E-state index contributed by atoms with van der Waals surface area (Å²) in [6.45, 7) is 1.08. The van der Waals surface area contributed by atoms with Gasteiger partial charge < -0.3 is 29.9 Å². The summed E-state index contributed by atoms with van der Waals surface area (Å²) in [5, 5.41) is 33.8. The van der Waals surface area contributed by atoms with E-state index in [1.165, 1.54) is 25.3 Å². The van der Waals surface area contributed by atoms with E-state index in [4.69, 9.17) is 34.7 Å². The number of aliphatic carboxylic acids is 1. The molecule has 2 aromatic rings. The SMILES string of the molecule is CC(=O)O.COc1ccc(O)c(C(=O)O)c1.COc1ccc(O)cc1.[Zr]. The maximum atomic E-state index is 10.5. The first-order valence-electron chi connectivity index (χ1n) is 6.84. The van der Waals surface area contributed by atoms with Gasteiger partial charge in [-0.1, -0.05) is 0 Å². The van der Waals surface area contributed by atoms with Gasteiger partial charge in [0.25, 0.3) is 5.97 Å². The largest absolute Gasteiger partial charge is 0.508 e. The molecule has 0 saturated heterocycles. The van der Waals surface area contributed by atoms with Crippen molar-refractivity contribution >= 4 is 11.9 Å². The first-order valence-corrected chi connectivity index (χ1v) is 6.84. The first kappa shape index (κ1) is 25.7. The number of carboxylic acid groups (broad SMARTS) is 2. The number of phenolic OH excluding ortho intramolecular Hbond substituents is 1. The number of benzene rings is 2. The van der Waals surface area contributed by atoms with E-state index < -0.39 is 11.9 Å². The van der Waals surface area contributed by atoms with Gasteiger partial charge in [0.15, 0.2) is 0 Å². The zero-order valence-electron chi connectivity index (χ0n) is 14.5. The molecule has 0 aliphatic heterocycles. The van der Waals surface area contributed by atoms with Crippen LogP contribution in [0.15, 0.2) is 42.5 Å². The van der Waals surface area contributed by atoms with E-state index in [1.54, 1.807) is 31.4 Å². The van der Waals surface area contributed by atoms with Gasteiger partial charge in [-0.15, -0.1) is 0 Å². The van der Waals surface area contributed by atoms with E-state index in [0.717, 1.165) is 12.7 Å². The molecule has 0 bridgehead atoms. The molecule has 26 heavy (non-hydrogen) atoms. The van der Waals surface area contributed by atoms with Crippen LogP contribution in [0.2, 0.25) is 0 Å². The van der Waals surface area contributed by atoms with E-state index in [9.17, 15) is 4.79 Å². The summed E-state index contributed by atoms with van der Waals surface area (Å²) in [6, 6.07) is 10.6. The van der Waals surface area contributed by atoms with E-state index in [-0.39, 0.29) is 43.3 Å². The molecule has 0 amide bonds. The molecule has 2 aromatic carbocycles. The number of phenols is 2. The fraction of sp³-hybridized carbons (Fsp3) is 0.176. The van der Waals surface area contributed by atoms with Crippen molar-refractivity contribution in [3.05, 3.63) is 48.0 Å². The minimum atomic E-state index is -1.17. The van der Waals surface area contributed by atoms with E-state index in [2.05, 4.69) is 0 Å². The molecule has 0 fully saturated rings. The van der Waals surface area contributed by atoms with Crippen molar-refractivity contribution in [2.75, 3.05) is 14.2 Å². The number of hydrogen-bond acceptors (Lipinski definition) is 6. The Balaban J connectivity index is 0. The maximum Gasteiger partial charge on any atom is 0.339 e. The molecule has 0 radical (unpaired) electrons. The Labute approximate surface area is 169 Å². The summed E-state index contributed by atoms with van der Waals surface area (Å²) in [5.41, 5.74) is -0.158. The van der Waals surface area contributed by atoms with Gasteiger partial charge in [0.05, 0.1) is 14.2 Å². The van der Waals surface area contributed by atoms with Crippen LogP contribution in [0.1, 0.15) is 17.3 Å². The van der Waals surface area contributed by atoms with Crippen molar-refractivity contribution in [2.24, 2.45) is 0 Å². The predicted molar refractivity (Wildman–Crippen MR) is 89.6 cm³/mol. The topological polar surface area (TPSA) is 134 Å². The average molecular weight is 444 g/mol. The third-order valence-electron chi connectivity index (χ3n) is 2.51. The first-order chi connectivity index (χ1) is 11.7. The van der Waals surface area contributed by atoms with Gasteiger partial charge >= 0.3 is 5.97 Å². The van der Waals surface area contributed by atoms with Gasteiger partial charge in [0.1, 0.15) is 28.6 Å². The van der Waals surface area contributed by atoms with Crippen LogP contribution in [0.3, 0.4) is 0 Å². The van der Waals surface area contributed by atoms with Gasteiger partial charge in [-0.2, -0.15) is 0 Å². The van der Waals surface area contributed by atoms with Crippen molar-refractivity contribution in [1.82, 2.24) is 0 Å². The van der Waals surface area contributed by atoms with Crippen molar-refractivity contribution in [3.63, 3.8) is 0 Å². The van der Waals surface area contributed by atoms with Crippen molar-refractivity contribution in [2.45, 2.75) is 6.92 Å². The fourth-order valence-corrected chi connectivity index (χ4v) is 1.40. The maximum absolute atomic E-state index is 10.5. The summed E-state index contributed by atoms with van der Waals surface area (Å²) in [4.78, 5) is 19.5. The minimum absolute atomic E-state index is 0. The number of carbonyl (C=O) groups is 2. The van der Waals surface area contributed by atoms with Crippen LogP contribution in [0.5, 0.6) is 23.0 Å². The third-order valence-corrected chi connectivity index (χ3v) is 2.51. The van der Waals surface area contributed by atoms with Gasteiger partial charge in [-0.3, -0.25) is 4.79 Å². The molecule has 0 heterocycles. The molecular formula is C17H20O8Zr. The molecule has 4 N–H and O–H groups in total. The second-order valence-electron chi connectivity index (χ2n) is 4.41. The van der Waals surface area contributed by atoms with Gasteiger partial charge in [0.2, 0.25) is 0 Å². The van der Waals surface area contributed by atoms with Crippen molar-refractivity contribution in [3.8, 4) is 23.0 Å². The Morgan fingerprint density at radius 1 is 0.846 bits per heavy atom. The molecule has 0 aliphatic rings. The zero-order valence-corrected chi connectivity index (χ0v) is 16.9. The van der Waals surface area contributed by atoms with Crippen molar-refractivity contribution < 1.29 is 65.7 Å². The van der Waals surface area contributed by atoms with Crippen LogP contribution in [0, 0.1) is 0 Å². The summed E-state index contributed by atoms with van der Waals surface area (Å²) < 4.78 is 9.64. The monoisotopic (exact) mass is 442 g/mol. The van der Waals surface area contributed by atoms with Crippen LogP contribution in [-0.2, 0) is 31.0 Å². The second kappa shape index (κ2) is 13.7. The van der Waals surface area contributed by atoms with Crippen LogP contribution in [0.4, 0.5) is 0 Å². The van der Waals surface area contributed by atoms with Gasteiger partial charge in [-0.05, 0) is 42.5 Å². The molecule has 140 valence electrons. The second-order valence-corrected chi connectivity index (χ2v) is 4.41. The predicted octanol–water partition coefficient (Wildman–Crippen LogP) is 2.59. The average Bonchev–Trinajstić information content (AvgIpc) is 2.56. The number of methoxy groups -OCH3 is 2. The fourth-order valence-electron chi connectivity index (χ4n) is 1.40. The Kier molecular flexibility index (Phi) is 13.6. The quantitative estimate of drug-likeness (QED) is 0.569. The standard InChI is InChI=1S/C8H8O4.C7H8O2.C2H4O2.Zr/c1-12-5-2-3-7(9)6(4-5)8(10)11;1-9-7-4-2-6(8)3-5-7;1-2(3)4;/h2-4,9H,1H3,(H,10,11);2-5,8H,1H3;1H3,(H,3,4);. The molecular weight excluding hydrogens is 423 g/mol. The molecule has 0 spiro atoms. The summed E-state index contributed by atoms with van der Waals surface area (Å²) in [6.07, 6.45) is 0. The third kappa shape index (κ3) is 11.1. The Morgan fingerprint density at radius 2 is 1.27 bits per heavy atom. The van der Waals surface area contributed by atoms with E-state index >= 15 is 0 Å². The number of hydrogen-bond donors (Lipinski definition) is 4. The van der Waals surface area contributed by atoms with Crippen molar-refractivity contribution in [1.29, 1.82) is 0 Å². The summed E-state index contributed by atoms with van der Waals surface area (Å²) in [7, 11) is 3.02. The Bertz CT molecular complexity index is 682.